The van der Waals surface area contributed by atoms with Crippen LogP contribution in [0.2, 0.25) is 0 Å². The molecule has 2 rings (SSSR count). The Hall–Kier alpha value is -1.73. The molecule has 0 spiro atoms. The number of nitrogens with two attached hydrogens (primary N) is 1. The minimum atomic E-state index is -0.282. The zero-order chi connectivity index (χ0) is 10.8. The second-order valence-electron chi connectivity index (χ2n) is 3.77. The first-order chi connectivity index (χ1) is 7.20. The van der Waals surface area contributed by atoms with Gasteiger partial charge in [0.1, 0.15) is 0 Å². The Morgan fingerprint density at radius 1 is 1.53 bits per heavy atom. The van der Waals surface area contributed by atoms with Crippen LogP contribution in [0.4, 0.5) is 11.4 Å². The van der Waals surface area contributed by atoms with Gasteiger partial charge in [-0.2, -0.15) is 5.26 Å². The normalized spacial score (nSPS) is 20.3. The number of nitrogen functional groups attached to an aromatic ring is 1. The largest absolute Gasteiger partial charge is 0.397 e. The molecule has 1 fully saturated rings. The second-order valence-corrected chi connectivity index (χ2v) is 3.77. The number of hydrogen-bond acceptors (Lipinski definition) is 4. The van der Waals surface area contributed by atoms with Gasteiger partial charge < -0.3 is 15.7 Å². The minimum Gasteiger partial charge on any atom is -0.397 e. The number of aliphatic hydroxyl groups is 1. The van der Waals surface area contributed by atoms with Gasteiger partial charge in [0, 0.05) is 13.1 Å². The summed E-state index contributed by atoms with van der Waals surface area (Å²) in [6, 6.07) is 7.29. The van der Waals surface area contributed by atoms with Gasteiger partial charge in [-0.3, -0.25) is 0 Å². The fraction of sp³-hybridized carbons (Fsp3) is 0.364. The molecule has 4 heteroatoms. The maximum atomic E-state index is 9.43. The molecule has 0 bridgehead atoms. The summed E-state index contributed by atoms with van der Waals surface area (Å²) in [4.78, 5) is 2.01. The lowest BCUT2D eigenvalue weighted by atomic mass is 10.2. The molecule has 0 saturated carbocycles. The molecule has 0 radical (unpaired) electrons. The standard InChI is InChI=1S/C11H13N3O/c12-6-8-1-2-10(13)11(5-8)14-4-3-9(15)7-14/h1-2,5,9,15H,3-4,7,13H2. The average Bonchev–Trinajstić information content (AvgIpc) is 2.65. The van der Waals surface area contributed by atoms with E-state index in [2.05, 4.69) is 6.07 Å². The molecule has 0 aliphatic carbocycles. The van der Waals surface area contributed by atoms with E-state index < -0.39 is 0 Å². The molecule has 4 nitrogen and oxygen atoms in total. The third-order valence-corrected chi connectivity index (χ3v) is 2.66. The highest BCUT2D eigenvalue weighted by Crippen LogP contribution is 2.27. The summed E-state index contributed by atoms with van der Waals surface area (Å²) < 4.78 is 0. The van der Waals surface area contributed by atoms with Crippen LogP contribution in [0, 0.1) is 11.3 Å². The molecule has 15 heavy (non-hydrogen) atoms. The first kappa shape index (κ1) is 9.81. The molecule has 1 aliphatic heterocycles. The van der Waals surface area contributed by atoms with E-state index in [0.717, 1.165) is 18.7 Å². The monoisotopic (exact) mass is 203 g/mol. The maximum absolute atomic E-state index is 9.43. The van der Waals surface area contributed by atoms with Gasteiger partial charge in [-0.15, -0.1) is 0 Å². The highest BCUT2D eigenvalue weighted by atomic mass is 16.3. The van der Waals surface area contributed by atoms with Crippen LogP contribution in [0.25, 0.3) is 0 Å². The van der Waals surface area contributed by atoms with E-state index in [4.69, 9.17) is 11.0 Å². The molecule has 3 N–H and O–H groups in total. The summed E-state index contributed by atoms with van der Waals surface area (Å²) >= 11 is 0. The van der Waals surface area contributed by atoms with Crippen LogP contribution in [0.5, 0.6) is 0 Å². The van der Waals surface area contributed by atoms with Crippen molar-refractivity contribution in [3.63, 3.8) is 0 Å². The van der Waals surface area contributed by atoms with Gasteiger partial charge in [-0.25, -0.2) is 0 Å². The van der Waals surface area contributed by atoms with Crippen LogP contribution in [-0.4, -0.2) is 24.3 Å². The fourth-order valence-corrected chi connectivity index (χ4v) is 1.85. The van der Waals surface area contributed by atoms with Crippen molar-refractivity contribution in [3.05, 3.63) is 23.8 Å². The van der Waals surface area contributed by atoms with E-state index in [-0.39, 0.29) is 6.10 Å². The van der Waals surface area contributed by atoms with E-state index in [1.54, 1.807) is 18.2 Å². The summed E-state index contributed by atoms with van der Waals surface area (Å²) in [5, 5.41) is 18.2. The topological polar surface area (TPSA) is 73.3 Å². The van der Waals surface area contributed by atoms with Crippen LogP contribution in [0.1, 0.15) is 12.0 Å². The predicted octanol–water partition coefficient (Wildman–Crippen LogP) is 0.711. The van der Waals surface area contributed by atoms with E-state index in [9.17, 15) is 5.11 Å². The molecule has 1 unspecified atom stereocenters. The van der Waals surface area contributed by atoms with Crippen molar-refractivity contribution in [3.8, 4) is 6.07 Å². The summed E-state index contributed by atoms with van der Waals surface area (Å²) in [7, 11) is 0. The quantitative estimate of drug-likeness (QED) is 0.659. The first-order valence-electron chi connectivity index (χ1n) is 4.93. The molecule has 1 aromatic carbocycles. The molecule has 1 atom stereocenters. The summed E-state index contributed by atoms with van der Waals surface area (Å²) in [5.41, 5.74) is 7.94. The molecule has 0 aromatic heterocycles. The van der Waals surface area contributed by atoms with Gasteiger partial charge in [0.05, 0.1) is 29.1 Å². The number of hydrogen-bond donors (Lipinski definition) is 2. The van der Waals surface area contributed by atoms with Crippen molar-refractivity contribution in [1.82, 2.24) is 0 Å². The van der Waals surface area contributed by atoms with Crippen molar-refractivity contribution in [2.24, 2.45) is 0 Å². The Labute approximate surface area is 88.5 Å². The van der Waals surface area contributed by atoms with E-state index >= 15 is 0 Å². The lowest BCUT2D eigenvalue weighted by Gasteiger charge is -2.19. The van der Waals surface area contributed by atoms with Gasteiger partial charge in [-0.1, -0.05) is 0 Å². The summed E-state index contributed by atoms with van der Waals surface area (Å²) in [6.45, 7) is 1.39. The highest BCUT2D eigenvalue weighted by Gasteiger charge is 2.21. The van der Waals surface area contributed by atoms with Crippen molar-refractivity contribution in [1.29, 1.82) is 5.26 Å². The minimum absolute atomic E-state index is 0.282. The number of anilines is 2. The Balaban J connectivity index is 2.31. The second kappa shape index (κ2) is 3.79. The van der Waals surface area contributed by atoms with Crippen LogP contribution in [0.15, 0.2) is 18.2 Å². The first-order valence-corrected chi connectivity index (χ1v) is 4.93. The van der Waals surface area contributed by atoms with Crippen molar-refractivity contribution in [2.45, 2.75) is 12.5 Å². The molecule has 1 heterocycles. The number of rotatable bonds is 1. The number of aliphatic hydroxyl groups excluding tert-OH is 1. The molecule has 1 aliphatic rings. The van der Waals surface area contributed by atoms with Gasteiger partial charge in [0.15, 0.2) is 0 Å². The number of nitriles is 1. The smallest absolute Gasteiger partial charge is 0.0992 e. The molecular weight excluding hydrogens is 190 g/mol. The Morgan fingerprint density at radius 3 is 2.93 bits per heavy atom. The Bertz CT molecular complexity index is 411. The number of β-amino-alcohol motifs (C(OH)–C–C–N with tert-alkyl or cyclic N) is 1. The molecule has 0 amide bonds. The maximum Gasteiger partial charge on any atom is 0.0992 e. The Morgan fingerprint density at radius 2 is 2.33 bits per heavy atom. The van der Waals surface area contributed by atoms with Crippen LogP contribution in [-0.2, 0) is 0 Å². The SMILES string of the molecule is N#Cc1ccc(N)c(N2CCC(O)C2)c1. The van der Waals surface area contributed by atoms with Crippen molar-refractivity contribution < 1.29 is 5.11 Å². The van der Waals surface area contributed by atoms with Gasteiger partial charge >= 0.3 is 0 Å². The zero-order valence-corrected chi connectivity index (χ0v) is 8.35. The number of nitrogens with zero attached hydrogens (tertiary/aromatic N) is 2. The van der Waals surface area contributed by atoms with E-state index in [1.807, 2.05) is 4.90 Å². The summed E-state index contributed by atoms with van der Waals surface area (Å²) in [6.07, 6.45) is 0.478. The predicted molar refractivity (Wildman–Crippen MR) is 58.4 cm³/mol. The van der Waals surface area contributed by atoms with E-state index in [0.29, 0.717) is 17.8 Å². The molecule has 1 saturated heterocycles. The fourth-order valence-electron chi connectivity index (χ4n) is 1.85. The Kier molecular flexibility index (Phi) is 2.48. The molecule has 78 valence electrons. The summed E-state index contributed by atoms with van der Waals surface area (Å²) in [5.74, 6) is 0. The van der Waals surface area contributed by atoms with Gasteiger partial charge in [0.25, 0.3) is 0 Å². The third kappa shape index (κ3) is 1.88. The van der Waals surface area contributed by atoms with Crippen LogP contribution < -0.4 is 10.6 Å². The molecular formula is C11H13N3O. The van der Waals surface area contributed by atoms with Crippen LogP contribution >= 0.6 is 0 Å². The number of benzene rings is 1. The van der Waals surface area contributed by atoms with Gasteiger partial charge in [0.2, 0.25) is 0 Å². The van der Waals surface area contributed by atoms with E-state index in [1.165, 1.54) is 0 Å². The third-order valence-electron chi connectivity index (χ3n) is 2.66. The molecule has 1 aromatic rings. The lowest BCUT2D eigenvalue weighted by Crippen LogP contribution is -2.22. The zero-order valence-electron chi connectivity index (χ0n) is 8.35. The van der Waals surface area contributed by atoms with Crippen LogP contribution in [0.3, 0.4) is 0 Å². The van der Waals surface area contributed by atoms with Gasteiger partial charge in [-0.05, 0) is 24.6 Å². The van der Waals surface area contributed by atoms with Crippen molar-refractivity contribution >= 4 is 11.4 Å². The average molecular weight is 203 g/mol. The lowest BCUT2D eigenvalue weighted by molar-refractivity contribution is 0.198. The van der Waals surface area contributed by atoms with Crippen molar-refractivity contribution in [2.75, 3.05) is 23.7 Å². The highest BCUT2D eigenvalue weighted by molar-refractivity contribution is 5.70.